The van der Waals surface area contributed by atoms with Crippen LogP contribution in [0.3, 0.4) is 0 Å². The molecular weight excluding hydrogens is 130 g/mol. The molecule has 0 fully saturated rings. The molecule has 0 atom stereocenters. The van der Waals surface area contributed by atoms with Crippen LogP contribution in [0.15, 0.2) is 5.10 Å². The third-order valence-electron chi connectivity index (χ3n) is 0.822. The first-order chi connectivity index (χ1) is 4.77. The zero-order valence-corrected chi connectivity index (χ0v) is 6.44. The first-order valence-electron chi connectivity index (χ1n) is 3.19. The van der Waals surface area contributed by atoms with E-state index in [0.717, 1.165) is 0 Å². The Balaban J connectivity index is 2.83. The Bertz CT molecular complexity index is 82.1. The Labute approximate surface area is 61.2 Å². The third-order valence-corrected chi connectivity index (χ3v) is 0.822. The van der Waals surface area contributed by atoms with E-state index in [1.807, 2.05) is 0 Å². The number of nitrogens with zero attached hydrogens (tertiary/aromatic N) is 1. The number of rotatable bonds is 6. The summed E-state index contributed by atoms with van der Waals surface area (Å²) in [6.45, 7) is 8.03. The van der Waals surface area contributed by atoms with Crippen LogP contribution in [-0.4, -0.2) is 19.4 Å². The second-order valence-electron chi connectivity index (χ2n) is 2.11. The first-order valence-corrected chi connectivity index (χ1v) is 3.19. The smallest absolute Gasteiger partial charge is 0.0609 e. The van der Waals surface area contributed by atoms with Gasteiger partial charge in [0.1, 0.15) is 0 Å². The lowest BCUT2D eigenvalue weighted by Crippen LogP contribution is -2.46. The monoisotopic (exact) mass is 145 g/mol. The van der Waals surface area contributed by atoms with E-state index in [1.165, 1.54) is 0 Å². The molecular formula is C5H15N5. The summed E-state index contributed by atoms with van der Waals surface area (Å²) < 4.78 is 0. The van der Waals surface area contributed by atoms with Gasteiger partial charge >= 0.3 is 0 Å². The van der Waals surface area contributed by atoms with E-state index in [1.54, 1.807) is 0 Å². The Kier molecular flexibility index (Phi) is 6.05. The van der Waals surface area contributed by atoms with Crippen molar-refractivity contribution in [2.75, 3.05) is 6.67 Å². The number of hydrazone groups is 1. The van der Waals surface area contributed by atoms with E-state index in [9.17, 15) is 0 Å². The lowest BCUT2D eigenvalue weighted by atomic mass is 10.4. The van der Waals surface area contributed by atoms with Crippen LogP contribution in [0.25, 0.3) is 0 Å². The van der Waals surface area contributed by atoms with Crippen LogP contribution in [0.5, 0.6) is 0 Å². The van der Waals surface area contributed by atoms with Crippen LogP contribution >= 0.6 is 0 Å². The molecule has 0 aliphatic carbocycles. The minimum absolute atomic E-state index is 0.478. The molecule has 4 N–H and O–H groups in total. The molecule has 0 aromatic rings. The van der Waals surface area contributed by atoms with Gasteiger partial charge in [-0.3, -0.25) is 0 Å². The molecule has 0 aromatic heterocycles. The fraction of sp³-hybridized carbons (Fsp3) is 0.800. The van der Waals surface area contributed by atoms with Crippen LogP contribution in [0, 0.1) is 0 Å². The molecule has 0 aliphatic heterocycles. The van der Waals surface area contributed by atoms with Gasteiger partial charge in [-0.25, -0.2) is 11.0 Å². The van der Waals surface area contributed by atoms with Gasteiger partial charge in [0.05, 0.1) is 6.67 Å². The number of hydrogen-bond acceptors (Lipinski definition) is 5. The van der Waals surface area contributed by atoms with Crippen LogP contribution in [0.4, 0.5) is 0 Å². The lowest BCUT2D eigenvalue weighted by molar-refractivity contribution is 0.408. The second-order valence-corrected chi connectivity index (χ2v) is 2.11. The molecule has 0 heterocycles. The first kappa shape index (κ1) is 9.35. The fourth-order valence-electron chi connectivity index (χ4n) is 0.378. The van der Waals surface area contributed by atoms with Crippen molar-refractivity contribution in [2.24, 2.45) is 5.10 Å². The van der Waals surface area contributed by atoms with Gasteiger partial charge in [0.2, 0.25) is 0 Å². The molecule has 0 saturated carbocycles. The highest BCUT2D eigenvalue weighted by Crippen LogP contribution is 1.69. The summed E-state index contributed by atoms with van der Waals surface area (Å²) in [5.41, 5.74) is 7.85. The predicted octanol–water partition coefficient (Wildman–Crippen LogP) is -0.844. The van der Waals surface area contributed by atoms with E-state index in [2.05, 4.69) is 47.5 Å². The number of hydrogen-bond donors (Lipinski definition) is 4. The minimum atomic E-state index is 0.478. The van der Waals surface area contributed by atoms with Gasteiger partial charge in [-0.05, 0) is 13.8 Å². The zero-order chi connectivity index (χ0) is 7.82. The maximum atomic E-state index is 3.35. The van der Waals surface area contributed by atoms with Crippen LogP contribution < -0.4 is 21.8 Å². The maximum Gasteiger partial charge on any atom is 0.0609 e. The summed E-state index contributed by atoms with van der Waals surface area (Å²) in [4.78, 5) is 0. The topological polar surface area (TPSA) is 60.5 Å². The average molecular weight is 145 g/mol. The van der Waals surface area contributed by atoms with Crippen molar-refractivity contribution < 1.29 is 0 Å². The van der Waals surface area contributed by atoms with Crippen LogP contribution in [0.2, 0.25) is 0 Å². The molecule has 0 aliphatic rings. The Morgan fingerprint density at radius 1 is 1.50 bits per heavy atom. The van der Waals surface area contributed by atoms with Crippen molar-refractivity contribution in [2.45, 2.75) is 19.9 Å². The summed E-state index contributed by atoms with van der Waals surface area (Å²) >= 11 is 0. The molecule has 5 heteroatoms. The summed E-state index contributed by atoms with van der Waals surface area (Å²) in [6.07, 6.45) is 0. The third kappa shape index (κ3) is 7.35. The van der Waals surface area contributed by atoms with E-state index < -0.39 is 0 Å². The highest BCUT2D eigenvalue weighted by Gasteiger charge is 1.87. The molecule has 0 amide bonds. The second kappa shape index (κ2) is 6.47. The van der Waals surface area contributed by atoms with Crippen molar-refractivity contribution in [3.05, 3.63) is 0 Å². The normalized spacial score (nSPS) is 9.90. The Hall–Kier alpha value is -0.650. The molecule has 0 aromatic carbocycles. The minimum Gasteiger partial charge on any atom is -0.301 e. The van der Waals surface area contributed by atoms with Gasteiger partial charge in [0, 0.05) is 12.8 Å². The predicted molar refractivity (Wildman–Crippen MR) is 42.1 cm³/mol. The van der Waals surface area contributed by atoms with Gasteiger partial charge in [0.25, 0.3) is 0 Å². The highest BCUT2D eigenvalue weighted by molar-refractivity contribution is 5.21. The van der Waals surface area contributed by atoms with E-state index in [-0.39, 0.29) is 0 Å². The van der Waals surface area contributed by atoms with E-state index in [4.69, 9.17) is 0 Å². The van der Waals surface area contributed by atoms with Crippen molar-refractivity contribution >= 4 is 6.72 Å². The van der Waals surface area contributed by atoms with Gasteiger partial charge in [-0.2, -0.15) is 10.6 Å². The molecule has 5 nitrogen and oxygen atoms in total. The van der Waals surface area contributed by atoms with Gasteiger partial charge < -0.3 is 5.32 Å². The largest absolute Gasteiger partial charge is 0.301 e. The Morgan fingerprint density at radius 2 is 2.20 bits per heavy atom. The number of nitrogens with one attached hydrogen (secondary N) is 4. The molecule has 0 spiro atoms. The molecule has 0 unspecified atom stereocenters. The van der Waals surface area contributed by atoms with Gasteiger partial charge in [-0.1, -0.05) is 0 Å². The molecule has 0 radical (unpaired) electrons. The molecule has 0 bridgehead atoms. The summed E-state index contributed by atoms with van der Waals surface area (Å²) in [5, 5.41) is 6.48. The lowest BCUT2D eigenvalue weighted by Gasteiger charge is -2.09. The summed E-state index contributed by atoms with van der Waals surface area (Å²) in [7, 11) is 0. The van der Waals surface area contributed by atoms with Crippen LogP contribution in [-0.2, 0) is 0 Å². The van der Waals surface area contributed by atoms with Crippen molar-refractivity contribution in [3.8, 4) is 0 Å². The number of hydrazine groups is 2. The van der Waals surface area contributed by atoms with E-state index in [0.29, 0.717) is 12.7 Å². The molecule has 60 valence electrons. The van der Waals surface area contributed by atoms with Crippen molar-refractivity contribution in [3.63, 3.8) is 0 Å². The fourth-order valence-corrected chi connectivity index (χ4v) is 0.378. The Morgan fingerprint density at radius 3 is 2.70 bits per heavy atom. The van der Waals surface area contributed by atoms with E-state index >= 15 is 0 Å². The average Bonchev–Trinajstić information content (AvgIpc) is 1.87. The quantitative estimate of drug-likeness (QED) is 0.170. The molecule has 10 heavy (non-hydrogen) atoms. The molecule has 0 saturated heterocycles. The highest BCUT2D eigenvalue weighted by atomic mass is 15.7. The van der Waals surface area contributed by atoms with Crippen molar-refractivity contribution in [1.29, 1.82) is 0 Å². The van der Waals surface area contributed by atoms with Crippen molar-refractivity contribution in [1.82, 2.24) is 21.8 Å². The summed E-state index contributed by atoms with van der Waals surface area (Å²) in [6, 6.07) is 0.478. The molecule has 0 rings (SSSR count). The summed E-state index contributed by atoms with van der Waals surface area (Å²) in [5.74, 6) is 0. The van der Waals surface area contributed by atoms with Gasteiger partial charge in [-0.15, -0.1) is 0 Å². The SMILES string of the molecule is C=NNNNCNC(C)C. The zero-order valence-electron chi connectivity index (χ0n) is 6.44. The maximum absolute atomic E-state index is 3.35. The standard InChI is InChI=1S/C5H15N5/c1-5(2)7-4-8-10-9-6-3/h5,7-10H,3-4H2,1-2H3. The van der Waals surface area contributed by atoms with Crippen LogP contribution in [0.1, 0.15) is 13.8 Å². The van der Waals surface area contributed by atoms with Gasteiger partial charge in [0.15, 0.2) is 0 Å².